The summed E-state index contributed by atoms with van der Waals surface area (Å²) in [5, 5.41) is 8.86. The Balaban J connectivity index is 2.21. The lowest BCUT2D eigenvalue weighted by Crippen LogP contribution is -2.37. The lowest BCUT2D eigenvalue weighted by molar-refractivity contribution is -0.137. The van der Waals surface area contributed by atoms with Crippen molar-refractivity contribution >= 4 is 11.9 Å². The van der Waals surface area contributed by atoms with Gasteiger partial charge in [-0.1, -0.05) is 12.1 Å². The summed E-state index contributed by atoms with van der Waals surface area (Å²) in [6, 6.07) is 5.33. The molecule has 1 N–H and O–H groups in total. The molecular weight excluding hydrogens is 284 g/mol. The summed E-state index contributed by atoms with van der Waals surface area (Å²) in [5.74, 6) is -1.66. The van der Waals surface area contributed by atoms with Crippen molar-refractivity contribution < 1.29 is 28.2 Å². The van der Waals surface area contributed by atoms with E-state index in [-0.39, 0.29) is 17.7 Å². The average molecular weight is 299 g/mol. The van der Waals surface area contributed by atoms with Crippen LogP contribution in [0.25, 0.3) is 0 Å². The Kier molecular flexibility index (Phi) is 4.72. The topological polar surface area (TPSA) is 66.8 Å². The maximum Gasteiger partial charge on any atom is 0.387 e. The first kappa shape index (κ1) is 15.2. The normalized spacial score (nSPS) is 18.0. The standard InChI is InChI=1S/C14H15F2NO4/c15-14(16)21-11-6-2-1-5-10(11)13(20)17-7-3-4-9(17)8-12(18)19/h1-2,5-6,9,14H,3-4,7-8H2,(H,18,19). The van der Waals surface area contributed by atoms with Gasteiger partial charge in [-0.2, -0.15) is 8.78 Å². The number of alkyl halides is 2. The van der Waals surface area contributed by atoms with E-state index in [1.165, 1.54) is 23.1 Å². The molecule has 21 heavy (non-hydrogen) atoms. The first-order chi connectivity index (χ1) is 9.99. The number of para-hydroxylation sites is 1. The largest absolute Gasteiger partial charge is 0.481 e. The van der Waals surface area contributed by atoms with Crippen LogP contribution in [0.3, 0.4) is 0 Å². The molecule has 1 aliphatic heterocycles. The van der Waals surface area contributed by atoms with Gasteiger partial charge in [0.15, 0.2) is 0 Å². The third-order valence-electron chi connectivity index (χ3n) is 3.38. The van der Waals surface area contributed by atoms with Crippen molar-refractivity contribution in [3.63, 3.8) is 0 Å². The van der Waals surface area contributed by atoms with Gasteiger partial charge in [0, 0.05) is 12.6 Å². The van der Waals surface area contributed by atoms with Crippen LogP contribution in [0.5, 0.6) is 5.75 Å². The van der Waals surface area contributed by atoms with Gasteiger partial charge in [0.1, 0.15) is 5.75 Å². The van der Waals surface area contributed by atoms with Gasteiger partial charge in [0.2, 0.25) is 0 Å². The van der Waals surface area contributed by atoms with Crippen molar-refractivity contribution in [3.05, 3.63) is 29.8 Å². The van der Waals surface area contributed by atoms with Crippen LogP contribution in [0.2, 0.25) is 0 Å². The van der Waals surface area contributed by atoms with Gasteiger partial charge in [0.05, 0.1) is 12.0 Å². The molecule has 0 saturated carbocycles. The van der Waals surface area contributed by atoms with Crippen LogP contribution in [-0.4, -0.2) is 41.1 Å². The molecule has 1 aromatic carbocycles. The fourth-order valence-corrected chi connectivity index (χ4v) is 2.51. The molecule has 2 rings (SSSR count). The second-order valence-corrected chi connectivity index (χ2v) is 4.77. The van der Waals surface area contributed by atoms with E-state index in [1.54, 1.807) is 6.07 Å². The smallest absolute Gasteiger partial charge is 0.387 e. The maximum atomic E-state index is 12.4. The molecule has 1 saturated heterocycles. The number of hydrogen-bond donors (Lipinski definition) is 1. The molecule has 1 aliphatic rings. The van der Waals surface area contributed by atoms with Crippen LogP contribution in [0.4, 0.5) is 8.78 Å². The number of halogens is 2. The zero-order chi connectivity index (χ0) is 15.4. The predicted molar refractivity (Wildman–Crippen MR) is 69.4 cm³/mol. The zero-order valence-electron chi connectivity index (χ0n) is 11.2. The van der Waals surface area contributed by atoms with Crippen molar-refractivity contribution in [1.82, 2.24) is 4.90 Å². The summed E-state index contributed by atoms with van der Waals surface area (Å²) in [6.45, 7) is -2.60. The van der Waals surface area contributed by atoms with Gasteiger partial charge < -0.3 is 14.7 Å². The van der Waals surface area contributed by atoms with Gasteiger partial charge in [-0.05, 0) is 25.0 Å². The number of likely N-dealkylation sites (tertiary alicyclic amines) is 1. The average Bonchev–Trinajstić information content (AvgIpc) is 2.85. The molecule has 1 atom stereocenters. The van der Waals surface area contributed by atoms with Crippen LogP contribution in [0.15, 0.2) is 24.3 Å². The molecule has 0 aliphatic carbocycles. The first-order valence-electron chi connectivity index (χ1n) is 6.55. The van der Waals surface area contributed by atoms with Crippen molar-refractivity contribution in [2.24, 2.45) is 0 Å². The Bertz CT molecular complexity index is 535. The van der Waals surface area contributed by atoms with Crippen LogP contribution in [-0.2, 0) is 4.79 Å². The number of rotatable bonds is 5. The van der Waals surface area contributed by atoms with Crippen molar-refractivity contribution in [2.45, 2.75) is 31.9 Å². The summed E-state index contributed by atoms with van der Waals surface area (Å²) in [6.07, 6.45) is 1.14. The summed E-state index contributed by atoms with van der Waals surface area (Å²) in [4.78, 5) is 24.7. The third kappa shape index (κ3) is 3.68. The number of hydrogen-bond acceptors (Lipinski definition) is 3. The Hall–Kier alpha value is -2.18. The van der Waals surface area contributed by atoms with E-state index in [0.717, 1.165) is 0 Å². The zero-order valence-corrected chi connectivity index (χ0v) is 11.2. The number of amides is 1. The van der Waals surface area contributed by atoms with Gasteiger partial charge in [-0.15, -0.1) is 0 Å². The van der Waals surface area contributed by atoms with E-state index >= 15 is 0 Å². The molecule has 114 valence electrons. The first-order valence-corrected chi connectivity index (χ1v) is 6.55. The van der Waals surface area contributed by atoms with E-state index in [1.807, 2.05) is 0 Å². The number of nitrogens with zero attached hydrogens (tertiary/aromatic N) is 1. The molecule has 1 amide bonds. The van der Waals surface area contributed by atoms with Crippen LogP contribution in [0, 0.1) is 0 Å². The van der Waals surface area contributed by atoms with Gasteiger partial charge in [-0.25, -0.2) is 0 Å². The highest BCUT2D eigenvalue weighted by Crippen LogP contribution is 2.27. The molecule has 1 fully saturated rings. The second kappa shape index (κ2) is 6.51. The van der Waals surface area contributed by atoms with Crippen LogP contribution < -0.4 is 4.74 Å². The molecule has 0 spiro atoms. The van der Waals surface area contributed by atoms with E-state index in [9.17, 15) is 18.4 Å². The van der Waals surface area contributed by atoms with Crippen molar-refractivity contribution in [2.75, 3.05) is 6.54 Å². The predicted octanol–water partition coefficient (Wildman–Crippen LogP) is 2.37. The Morgan fingerprint density at radius 3 is 2.76 bits per heavy atom. The molecule has 0 bridgehead atoms. The summed E-state index contributed by atoms with van der Waals surface area (Å²) < 4.78 is 29.1. The summed E-state index contributed by atoms with van der Waals surface area (Å²) >= 11 is 0. The van der Waals surface area contributed by atoms with Crippen molar-refractivity contribution in [3.8, 4) is 5.75 Å². The SMILES string of the molecule is O=C(O)CC1CCCN1C(=O)c1ccccc1OC(F)F. The molecule has 0 radical (unpaired) electrons. The Labute approximate surface area is 120 Å². The number of aliphatic carboxylic acids is 1. The Morgan fingerprint density at radius 2 is 2.10 bits per heavy atom. The number of carboxylic acids is 1. The maximum absolute atomic E-state index is 12.4. The lowest BCUT2D eigenvalue weighted by atomic mass is 10.1. The highest BCUT2D eigenvalue weighted by molar-refractivity contribution is 5.97. The highest BCUT2D eigenvalue weighted by Gasteiger charge is 2.32. The number of ether oxygens (including phenoxy) is 1. The van der Waals surface area contributed by atoms with Gasteiger partial charge >= 0.3 is 12.6 Å². The monoisotopic (exact) mass is 299 g/mol. The number of carboxylic acid groups (broad SMARTS) is 1. The van der Waals surface area contributed by atoms with E-state index < -0.39 is 24.5 Å². The second-order valence-electron chi connectivity index (χ2n) is 4.77. The fraction of sp³-hybridized carbons (Fsp3) is 0.429. The lowest BCUT2D eigenvalue weighted by Gasteiger charge is -2.24. The van der Waals surface area contributed by atoms with Crippen molar-refractivity contribution in [1.29, 1.82) is 0 Å². The van der Waals surface area contributed by atoms with Gasteiger partial charge in [0.25, 0.3) is 5.91 Å². The molecule has 1 heterocycles. The fourth-order valence-electron chi connectivity index (χ4n) is 2.51. The van der Waals surface area contributed by atoms with Crippen LogP contribution >= 0.6 is 0 Å². The summed E-state index contributed by atoms with van der Waals surface area (Å²) in [7, 11) is 0. The van der Waals surface area contributed by atoms with E-state index in [0.29, 0.717) is 19.4 Å². The molecular formula is C14H15F2NO4. The third-order valence-corrected chi connectivity index (χ3v) is 3.38. The minimum atomic E-state index is -3.02. The minimum Gasteiger partial charge on any atom is -0.481 e. The molecule has 7 heteroatoms. The molecule has 1 aromatic rings. The molecule has 1 unspecified atom stereocenters. The number of benzene rings is 1. The molecule has 0 aromatic heterocycles. The Morgan fingerprint density at radius 1 is 1.38 bits per heavy atom. The summed E-state index contributed by atoms with van der Waals surface area (Å²) in [5.41, 5.74) is 0.0232. The van der Waals surface area contributed by atoms with E-state index in [4.69, 9.17) is 5.11 Å². The van der Waals surface area contributed by atoms with Gasteiger partial charge in [-0.3, -0.25) is 9.59 Å². The molecule has 5 nitrogen and oxygen atoms in total. The quantitative estimate of drug-likeness (QED) is 0.906. The van der Waals surface area contributed by atoms with E-state index in [2.05, 4.69) is 4.74 Å². The minimum absolute atomic E-state index is 0.0232. The highest BCUT2D eigenvalue weighted by atomic mass is 19.3. The van der Waals surface area contributed by atoms with Crippen LogP contribution in [0.1, 0.15) is 29.6 Å². The number of carbonyl (C=O) groups excluding carboxylic acids is 1. The number of carbonyl (C=O) groups is 2.